The summed E-state index contributed by atoms with van der Waals surface area (Å²) in [6, 6.07) is 10.7. The van der Waals surface area contributed by atoms with Crippen LogP contribution in [0.2, 0.25) is 0 Å². The van der Waals surface area contributed by atoms with E-state index in [1.165, 1.54) is 12.0 Å². The number of nitrogens with one attached hydrogen (secondary N) is 1. The minimum Gasteiger partial charge on any atom is -0.340 e. The molecule has 0 spiro atoms. The molecular formula is C17H24N2O. The zero-order valence-electron chi connectivity index (χ0n) is 12.3. The van der Waals surface area contributed by atoms with Crippen LogP contribution in [0.25, 0.3) is 0 Å². The van der Waals surface area contributed by atoms with E-state index in [0.29, 0.717) is 5.91 Å². The minimum absolute atomic E-state index is 0.0631. The SMILES string of the molecule is CC1(c2ccccc2)CCCN(C(=O)C2CCCN2)C1. The third-order valence-corrected chi connectivity index (χ3v) is 4.84. The zero-order chi connectivity index (χ0) is 14.0. The molecule has 3 heteroatoms. The summed E-state index contributed by atoms with van der Waals surface area (Å²) in [5, 5.41) is 3.33. The van der Waals surface area contributed by atoms with Crippen LogP contribution in [0, 0.1) is 0 Å². The lowest BCUT2D eigenvalue weighted by atomic mass is 9.76. The first kappa shape index (κ1) is 13.6. The number of hydrogen-bond donors (Lipinski definition) is 1. The number of carbonyl (C=O) groups is 1. The molecule has 2 heterocycles. The molecule has 108 valence electrons. The van der Waals surface area contributed by atoms with E-state index < -0.39 is 0 Å². The number of rotatable bonds is 2. The van der Waals surface area contributed by atoms with Crippen molar-refractivity contribution in [1.29, 1.82) is 0 Å². The molecule has 2 fully saturated rings. The molecule has 0 aliphatic carbocycles. The molecule has 2 saturated heterocycles. The molecule has 1 amide bonds. The lowest BCUT2D eigenvalue weighted by molar-refractivity contribution is -0.135. The van der Waals surface area contributed by atoms with Gasteiger partial charge in [0, 0.05) is 18.5 Å². The molecule has 0 radical (unpaired) electrons. The van der Waals surface area contributed by atoms with E-state index >= 15 is 0 Å². The number of likely N-dealkylation sites (tertiary alicyclic amines) is 1. The van der Waals surface area contributed by atoms with Crippen LogP contribution in [-0.2, 0) is 10.2 Å². The first-order chi connectivity index (χ1) is 9.69. The maximum atomic E-state index is 12.6. The van der Waals surface area contributed by atoms with Crippen LogP contribution in [0.4, 0.5) is 0 Å². The second kappa shape index (κ2) is 5.57. The number of carbonyl (C=O) groups excluding carboxylic acids is 1. The molecule has 3 rings (SSSR count). The van der Waals surface area contributed by atoms with Crippen LogP contribution in [-0.4, -0.2) is 36.5 Å². The zero-order valence-corrected chi connectivity index (χ0v) is 12.3. The fourth-order valence-corrected chi connectivity index (χ4v) is 3.62. The molecule has 0 aromatic heterocycles. The molecule has 2 aliphatic heterocycles. The Bertz CT molecular complexity index is 467. The molecule has 2 aliphatic rings. The second-order valence-electron chi connectivity index (χ2n) is 6.44. The predicted octanol–water partition coefficient (Wildman–Crippen LogP) is 2.32. The Hall–Kier alpha value is -1.35. The van der Waals surface area contributed by atoms with Gasteiger partial charge in [-0.05, 0) is 37.8 Å². The van der Waals surface area contributed by atoms with Crippen molar-refractivity contribution in [2.45, 2.75) is 44.1 Å². The third kappa shape index (κ3) is 2.59. The highest BCUT2D eigenvalue weighted by atomic mass is 16.2. The first-order valence-corrected chi connectivity index (χ1v) is 7.77. The Kier molecular flexibility index (Phi) is 3.79. The highest BCUT2D eigenvalue weighted by molar-refractivity contribution is 5.82. The third-order valence-electron chi connectivity index (χ3n) is 4.84. The molecule has 2 unspecified atom stereocenters. The van der Waals surface area contributed by atoms with Gasteiger partial charge in [-0.1, -0.05) is 37.3 Å². The Labute approximate surface area is 121 Å². The molecule has 0 bridgehead atoms. The maximum absolute atomic E-state index is 12.6. The van der Waals surface area contributed by atoms with Crippen LogP contribution in [0.3, 0.4) is 0 Å². The smallest absolute Gasteiger partial charge is 0.239 e. The van der Waals surface area contributed by atoms with Crippen LogP contribution in [0.5, 0.6) is 0 Å². The van der Waals surface area contributed by atoms with Crippen molar-refractivity contribution < 1.29 is 4.79 Å². The second-order valence-corrected chi connectivity index (χ2v) is 6.44. The van der Waals surface area contributed by atoms with Gasteiger partial charge in [-0.25, -0.2) is 0 Å². The summed E-state index contributed by atoms with van der Waals surface area (Å²) in [7, 11) is 0. The summed E-state index contributed by atoms with van der Waals surface area (Å²) in [6.45, 7) is 5.05. The van der Waals surface area contributed by atoms with Crippen molar-refractivity contribution in [3.63, 3.8) is 0 Å². The Morgan fingerprint density at radius 1 is 1.30 bits per heavy atom. The van der Waals surface area contributed by atoms with Crippen LogP contribution >= 0.6 is 0 Å². The highest BCUT2D eigenvalue weighted by Gasteiger charge is 2.36. The first-order valence-electron chi connectivity index (χ1n) is 7.77. The lowest BCUT2D eigenvalue weighted by Gasteiger charge is -2.41. The lowest BCUT2D eigenvalue weighted by Crippen LogP contribution is -2.52. The van der Waals surface area contributed by atoms with Crippen molar-refractivity contribution in [2.24, 2.45) is 0 Å². The summed E-state index contributed by atoms with van der Waals surface area (Å²) in [5.74, 6) is 0.310. The van der Waals surface area contributed by atoms with Gasteiger partial charge < -0.3 is 10.2 Å². The Balaban J connectivity index is 1.74. The van der Waals surface area contributed by atoms with E-state index in [-0.39, 0.29) is 11.5 Å². The van der Waals surface area contributed by atoms with Crippen molar-refractivity contribution >= 4 is 5.91 Å². The fraction of sp³-hybridized carbons (Fsp3) is 0.588. The van der Waals surface area contributed by atoms with Gasteiger partial charge >= 0.3 is 0 Å². The fourth-order valence-electron chi connectivity index (χ4n) is 3.62. The average Bonchev–Trinajstić information content (AvgIpc) is 3.02. The number of amides is 1. The molecule has 1 aromatic rings. The molecule has 20 heavy (non-hydrogen) atoms. The van der Waals surface area contributed by atoms with E-state index in [0.717, 1.165) is 38.9 Å². The highest BCUT2D eigenvalue weighted by Crippen LogP contribution is 2.34. The van der Waals surface area contributed by atoms with E-state index in [4.69, 9.17) is 0 Å². The monoisotopic (exact) mass is 272 g/mol. The minimum atomic E-state index is 0.0631. The summed E-state index contributed by atoms with van der Waals surface area (Å²) in [4.78, 5) is 14.7. The summed E-state index contributed by atoms with van der Waals surface area (Å²) in [6.07, 6.45) is 4.39. The summed E-state index contributed by atoms with van der Waals surface area (Å²) in [5.41, 5.74) is 1.46. The standard InChI is InChI=1S/C17H24N2O/c1-17(14-7-3-2-4-8-14)10-6-12-19(13-17)16(20)15-9-5-11-18-15/h2-4,7-8,15,18H,5-6,9-13H2,1H3. The quantitative estimate of drug-likeness (QED) is 0.896. The largest absolute Gasteiger partial charge is 0.340 e. The van der Waals surface area contributed by atoms with Crippen LogP contribution in [0.15, 0.2) is 30.3 Å². The molecule has 3 nitrogen and oxygen atoms in total. The Morgan fingerprint density at radius 2 is 2.10 bits per heavy atom. The average molecular weight is 272 g/mol. The van der Waals surface area contributed by atoms with Gasteiger partial charge in [-0.2, -0.15) is 0 Å². The molecule has 1 aromatic carbocycles. The molecule has 2 atom stereocenters. The summed E-state index contributed by atoms with van der Waals surface area (Å²) < 4.78 is 0. The van der Waals surface area contributed by atoms with Gasteiger partial charge in [-0.3, -0.25) is 4.79 Å². The Morgan fingerprint density at radius 3 is 2.80 bits per heavy atom. The van der Waals surface area contributed by atoms with Gasteiger partial charge in [0.1, 0.15) is 0 Å². The van der Waals surface area contributed by atoms with Crippen LogP contribution < -0.4 is 5.32 Å². The van der Waals surface area contributed by atoms with Crippen LogP contribution in [0.1, 0.15) is 38.2 Å². The van der Waals surface area contributed by atoms with Gasteiger partial charge in [0.05, 0.1) is 6.04 Å². The van der Waals surface area contributed by atoms with E-state index in [1.54, 1.807) is 0 Å². The predicted molar refractivity (Wildman–Crippen MR) is 80.6 cm³/mol. The van der Waals surface area contributed by atoms with Crippen molar-refractivity contribution in [3.05, 3.63) is 35.9 Å². The molecule has 1 N–H and O–H groups in total. The van der Waals surface area contributed by atoms with E-state index in [1.807, 2.05) is 0 Å². The van der Waals surface area contributed by atoms with Gasteiger partial charge in [-0.15, -0.1) is 0 Å². The van der Waals surface area contributed by atoms with E-state index in [2.05, 4.69) is 47.5 Å². The topological polar surface area (TPSA) is 32.3 Å². The molecule has 0 saturated carbocycles. The van der Waals surface area contributed by atoms with Crippen molar-refractivity contribution in [3.8, 4) is 0 Å². The summed E-state index contributed by atoms with van der Waals surface area (Å²) >= 11 is 0. The number of benzene rings is 1. The van der Waals surface area contributed by atoms with Gasteiger partial charge in [0.2, 0.25) is 5.91 Å². The maximum Gasteiger partial charge on any atom is 0.239 e. The molecular weight excluding hydrogens is 248 g/mol. The van der Waals surface area contributed by atoms with Crippen molar-refractivity contribution in [1.82, 2.24) is 10.2 Å². The normalized spacial score (nSPS) is 30.4. The van der Waals surface area contributed by atoms with Gasteiger partial charge in [0.15, 0.2) is 0 Å². The van der Waals surface area contributed by atoms with Crippen molar-refractivity contribution in [2.75, 3.05) is 19.6 Å². The number of hydrogen-bond acceptors (Lipinski definition) is 2. The number of piperidine rings is 1. The van der Waals surface area contributed by atoms with E-state index in [9.17, 15) is 4.79 Å². The number of nitrogens with zero attached hydrogens (tertiary/aromatic N) is 1. The van der Waals surface area contributed by atoms with Gasteiger partial charge in [0.25, 0.3) is 0 Å².